The lowest BCUT2D eigenvalue weighted by Gasteiger charge is -2.16. The van der Waals surface area contributed by atoms with E-state index in [9.17, 15) is 0 Å². The summed E-state index contributed by atoms with van der Waals surface area (Å²) in [5.74, 6) is 1.58. The maximum Gasteiger partial charge on any atom is -0.0235 e. The Balaban J connectivity index is 3.49. The Bertz CT molecular complexity index is 135. The Morgan fingerprint density at radius 3 is 2.31 bits per heavy atom. The van der Waals surface area contributed by atoms with E-state index in [1.807, 2.05) is 0 Å². The van der Waals surface area contributed by atoms with Crippen molar-refractivity contribution in [3.05, 3.63) is 12.2 Å². The van der Waals surface area contributed by atoms with E-state index in [0.29, 0.717) is 5.92 Å². The molecule has 0 nitrogen and oxygen atoms in total. The summed E-state index contributed by atoms with van der Waals surface area (Å²) in [5.41, 5.74) is 1.34. The molecule has 2 unspecified atom stereocenters. The van der Waals surface area contributed by atoms with Crippen molar-refractivity contribution in [1.82, 2.24) is 0 Å². The molecule has 0 aliphatic rings. The van der Waals surface area contributed by atoms with Gasteiger partial charge in [0.2, 0.25) is 0 Å². The van der Waals surface area contributed by atoms with E-state index in [-0.39, 0.29) is 0 Å². The molecule has 0 N–H and O–H groups in total. The van der Waals surface area contributed by atoms with Crippen LogP contribution in [0.1, 0.15) is 59.8 Å². The van der Waals surface area contributed by atoms with Crippen molar-refractivity contribution >= 4 is 0 Å². The van der Waals surface area contributed by atoms with Crippen LogP contribution in [0.4, 0.5) is 0 Å². The van der Waals surface area contributed by atoms with Gasteiger partial charge in [0, 0.05) is 0 Å². The van der Waals surface area contributed by atoms with Gasteiger partial charge in [-0.2, -0.15) is 0 Å². The van der Waals surface area contributed by atoms with E-state index in [2.05, 4.69) is 34.3 Å². The third kappa shape index (κ3) is 6.86. The first-order valence-electron chi connectivity index (χ1n) is 5.73. The number of rotatable bonds is 7. The van der Waals surface area contributed by atoms with Crippen LogP contribution in [0.2, 0.25) is 0 Å². The molecule has 0 bridgehead atoms. The first-order chi connectivity index (χ1) is 6.07. The SMILES string of the molecule is C=C(C)C(C)CC(C)CCCCC. The average Bonchev–Trinajstić information content (AvgIpc) is 2.04. The molecule has 0 aliphatic heterocycles. The van der Waals surface area contributed by atoms with Crippen molar-refractivity contribution in [1.29, 1.82) is 0 Å². The summed E-state index contributed by atoms with van der Waals surface area (Å²) in [6.45, 7) is 13.1. The molecule has 78 valence electrons. The van der Waals surface area contributed by atoms with Crippen molar-refractivity contribution in [2.75, 3.05) is 0 Å². The quantitative estimate of drug-likeness (QED) is 0.392. The second kappa shape index (κ2) is 7.17. The van der Waals surface area contributed by atoms with Crippen LogP contribution in [0.15, 0.2) is 12.2 Å². The lowest BCUT2D eigenvalue weighted by atomic mass is 9.89. The Hall–Kier alpha value is -0.260. The van der Waals surface area contributed by atoms with Crippen LogP contribution in [0.3, 0.4) is 0 Å². The Kier molecular flexibility index (Phi) is 7.03. The van der Waals surface area contributed by atoms with Gasteiger partial charge in [-0.25, -0.2) is 0 Å². The molecule has 0 aromatic carbocycles. The molecule has 0 radical (unpaired) electrons. The predicted molar refractivity (Wildman–Crippen MR) is 61.9 cm³/mol. The first kappa shape index (κ1) is 12.7. The van der Waals surface area contributed by atoms with Crippen LogP contribution >= 0.6 is 0 Å². The van der Waals surface area contributed by atoms with Crippen LogP contribution in [0.5, 0.6) is 0 Å². The van der Waals surface area contributed by atoms with Gasteiger partial charge < -0.3 is 0 Å². The third-order valence-electron chi connectivity index (χ3n) is 2.90. The predicted octanol–water partition coefficient (Wildman–Crippen LogP) is 4.81. The van der Waals surface area contributed by atoms with Crippen LogP contribution in [-0.4, -0.2) is 0 Å². The van der Waals surface area contributed by atoms with Crippen molar-refractivity contribution in [2.24, 2.45) is 11.8 Å². The number of hydrogen-bond acceptors (Lipinski definition) is 0. The van der Waals surface area contributed by atoms with Gasteiger partial charge in [-0.3, -0.25) is 0 Å². The van der Waals surface area contributed by atoms with Gasteiger partial charge in [0.1, 0.15) is 0 Å². The monoisotopic (exact) mass is 182 g/mol. The van der Waals surface area contributed by atoms with Gasteiger partial charge in [0.25, 0.3) is 0 Å². The standard InChI is InChI=1S/C13H26/c1-6-7-8-9-12(4)10-13(5)11(2)3/h12-13H,2,6-10H2,1,3-5H3. The molecule has 0 heterocycles. The molecule has 2 atom stereocenters. The molecule has 0 aromatic heterocycles. The van der Waals surface area contributed by atoms with Gasteiger partial charge in [0.15, 0.2) is 0 Å². The normalized spacial score (nSPS) is 15.4. The highest BCUT2D eigenvalue weighted by molar-refractivity contribution is 4.94. The topological polar surface area (TPSA) is 0 Å². The zero-order chi connectivity index (χ0) is 10.3. The summed E-state index contributed by atoms with van der Waals surface area (Å²) in [6, 6.07) is 0. The molecule has 0 rings (SSSR count). The second-order valence-electron chi connectivity index (χ2n) is 4.58. The Labute approximate surface area is 84.4 Å². The summed E-state index contributed by atoms with van der Waals surface area (Å²) < 4.78 is 0. The molecule has 0 spiro atoms. The van der Waals surface area contributed by atoms with E-state index < -0.39 is 0 Å². The van der Waals surface area contributed by atoms with Crippen molar-refractivity contribution < 1.29 is 0 Å². The summed E-state index contributed by atoms with van der Waals surface area (Å²) in [5, 5.41) is 0. The number of hydrogen-bond donors (Lipinski definition) is 0. The molecule has 0 amide bonds. The molecule has 0 aliphatic carbocycles. The zero-order valence-corrected chi connectivity index (χ0v) is 9.90. The van der Waals surface area contributed by atoms with E-state index in [1.54, 1.807) is 0 Å². The highest BCUT2D eigenvalue weighted by Crippen LogP contribution is 2.21. The summed E-state index contributed by atoms with van der Waals surface area (Å²) in [7, 11) is 0. The molecule has 0 saturated heterocycles. The number of unbranched alkanes of at least 4 members (excludes halogenated alkanes) is 2. The smallest absolute Gasteiger partial charge is 0.0235 e. The van der Waals surface area contributed by atoms with Crippen molar-refractivity contribution in [3.63, 3.8) is 0 Å². The van der Waals surface area contributed by atoms with E-state index >= 15 is 0 Å². The summed E-state index contributed by atoms with van der Waals surface area (Å²) in [4.78, 5) is 0. The second-order valence-corrected chi connectivity index (χ2v) is 4.58. The van der Waals surface area contributed by atoms with Gasteiger partial charge in [-0.15, -0.1) is 0 Å². The fraction of sp³-hybridized carbons (Fsp3) is 0.846. The van der Waals surface area contributed by atoms with Gasteiger partial charge >= 0.3 is 0 Å². The molecule has 0 aromatic rings. The van der Waals surface area contributed by atoms with E-state index in [1.165, 1.54) is 37.7 Å². The lowest BCUT2D eigenvalue weighted by molar-refractivity contribution is 0.411. The van der Waals surface area contributed by atoms with Crippen molar-refractivity contribution in [2.45, 2.75) is 59.8 Å². The minimum Gasteiger partial charge on any atom is -0.0999 e. The molecule has 0 saturated carbocycles. The summed E-state index contributed by atoms with van der Waals surface area (Å²) >= 11 is 0. The Morgan fingerprint density at radius 1 is 1.23 bits per heavy atom. The van der Waals surface area contributed by atoms with Crippen molar-refractivity contribution in [3.8, 4) is 0 Å². The van der Waals surface area contributed by atoms with Crippen LogP contribution in [-0.2, 0) is 0 Å². The van der Waals surface area contributed by atoms with Gasteiger partial charge in [-0.1, -0.05) is 58.6 Å². The first-order valence-corrected chi connectivity index (χ1v) is 5.73. The highest BCUT2D eigenvalue weighted by Gasteiger charge is 2.08. The molecular formula is C13H26. The largest absolute Gasteiger partial charge is 0.0999 e. The fourth-order valence-corrected chi connectivity index (χ4v) is 1.67. The van der Waals surface area contributed by atoms with Crippen LogP contribution in [0.25, 0.3) is 0 Å². The fourth-order valence-electron chi connectivity index (χ4n) is 1.67. The Morgan fingerprint density at radius 2 is 1.85 bits per heavy atom. The zero-order valence-electron chi connectivity index (χ0n) is 9.90. The highest BCUT2D eigenvalue weighted by atomic mass is 14.1. The molecule has 0 fully saturated rings. The van der Waals surface area contributed by atoms with E-state index in [4.69, 9.17) is 0 Å². The molecule has 13 heavy (non-hydrogen) atoms. The molecular weight excluding hydrogens is 156 g/mol. The summed E-state index contributed by atoms with van der Waals surface area (Å²) in [6.07, 6.45) is 6.85. The minimum atomic E-state index is 0.705. The maximum atomic E-state index is 4.00. The minimum absolute atomic E-state index is 0.705. The molecule has 0 heteroatoms. The average molecular weight is 182 g/mol. The van der Waals surface area contributed by atoms with E-state index in [0.717, 1.165) is 5.92 Å². The maximum absolute atomic E-state index is 4.00. The third-order valence-corrected chi connectivity index (χ3v) is 2.90. The van der Waals surface area contributed by atoms with Gasteiger partial charge in [-0.05, 0) is 25.2 Å². The van der Waals surface area contributed by atoms with Gasteiger partial charge in [0.05, 0.1) is 0 Å². The number of allylic oxidation sites excluding steroid dienone is 1. The van der Waals surface area contributed by atoms with Crippen LogP contribution in [0, 0.1) is 11.8 Å². The van der Waals surface area contributed by atoms with Crippen LogP contribution < -0.4 is 0 Å². The lowest BCUT2D eigenvalue weighted by Crippen LogP contribution is -2.03.